The molecular weight excluding hydrogens is 357 g/mol. The van der Waals surface area contributed by atoms with Crippen LogP contribution in [0.1, 0.15) is 5.56 Å². The van der Waals surface area contributed by atoms with E-state index in [1.165, 1.54) is 18.2 Å². The summed E-state index contributed by atoms with van der Waals surface area (Å²) < 4.78 is 60.4. The van der Waals surface area contributed by atoms with Crippen LogP contribution in [0.5, 0.6) is 0 Å². The first kappa shape index (κ1) is 18.8. The summed E-state index contributed by atoms with van der Waals surface area (Å²) in [6.07, 6.45) is -3.36. The molecule has 0 atom stereocenters. The lowest BCUT2D eigenvalue weighted by molar-refractivity contribution is -0.137. The van der Waals surface area contributed by atoms with Gasteiger partial charge < -0.3 is 10.6 Å². The minimum absolute atomic E-state index is 0.112. The van der Waals surface area contributed by atoms with Gasteiger partial charge in [0.1, 0.15) is 0 Å². The lowest BCUT2D eigenvalue weighted by Gasteiger charge is -2.10. The monoisotopic (exact) mass is 372 g/mol. The quantitative estimate of drug-likeness (QED) is 0.845. The number of carbonyl (C=O) groups is 1. The number of rotatable bonds is 5. The number of carbonyl (C=O) groups excluding carboxylic acids is 1. The van der Waals surface area contributed by atoms with E-state index >= 15 is 0 Å². The summed E-state index contributed by atoms with van der Waals surface area (Å²) in [5.74, 6) is -0.482. The van der Waals surface area contributed by atoms with E-state index in [9.17, 15) is 26.4 Å². The number of nitrogens with one attached hydrogen (secondary N) is 2. The fourth-order valence-corrected chi connectivity index (χ4v) is 2.63. The second-order valence-corrected chi connectivity index (χ2v) is 7.29. The van der Waals surface area contributed by atoms with Crippen LogP contribution in [0.2, 0.25) is 0 Å². The van der Waals surface area contributed by atoms with E-state index in [0.29, 0.717) is 5.69 Å². The van der Waals surface area contributed by atoms with Crippen LogP contribution in [0.4, 0.5) is 24.5 Å². The minimum atomic E-state index is -4.44. The highest BCUT2D eigenvalue weighted by Gasteiger charge is 2.29. The zero-order valence-electron chi connectivity index (χ0n) is 13.1. The van der Waals surface area contributed by atoms with Gasteiger partial charge in [0, 0.05) is 17.6 Å². The van der Waals surface area contributed by atoms with Crippen LogP contribution in [0.15, 0.2) is 53.4 Å². The maximum Gasteiger partial charge on any atom is 0.416 e. The lowest BCUT2D eigenvalue weighted by Crippen LogP contribution is -2.21. The molecule has 0 unspecified atom stereocenters. The van der Waals surface area contributed by atoms with Crippen molar-refractivity contribution >= 4 is 27.1 Å². The second-order valence-electron chi connectivity index (χ2n) is 5.28. The molecule has 0 saturated carbocycles. The normalized spacial score (nSPS) is 11.8. The third kappa shape index (κ3) is 5.49. The highest BCUT2D eigenvalue weighted by molar-refractivity contribution is 7.90. The van der Waals surface area contributed by atoms with E-state index in [2.05, 4.69) is 10.6 Å². The molecule has 0 saturated heterocycles. The Bertz CT molecular complexity index is 863. The molecule has 0 aliphatic carbocycles. The van der Waals surface area contributed by atoms with Crippen molar-refractivity contribution < 1.29 is 26.4 Å². The van der Waals surface area contributed by atoms with E-state index < -0.39 is 27.5 Å². The SMILES string of the molecule is CS(=O)(=O)c1cccc(NCC(=O)Nc2ccc(C(F)(F)F)cc2)c1. The van der Waals surface area contributed by atoms with Crippen molar-refractivity contribution in [2.45, 2.75) is 11.1 Å². The van der Waals surface area contributed by atoms with Gasteiger partial charge in [-0.15, -0.1) is 0 Å². The van der Waals surface area contributed by atoms with Gasteiger partial charge >= 0.3 is 6.18 Å². The third-order valence-electron chi connectivity index (χ3n) is 3.21. The lowest BCUT2D eigenvalue weighted by atomic mass is 10.2. The molecule has 2 aromatic rings. The van der Waals surface area contributed by atoms with Crippen molar-refractivity contribution in [3.05, 3.63) is 54.1 Å². The third-order valence-corrected chi connectivity index (χ3v) is 4.32. The van der Waals surface area contributed by atoms with Crippen molar-refractivity contribution in [2.24, 2.45) is 0 Å². The maximum atomic E-state index is 12.5. The first-order valence-electron chi connectivity index (χ1n) is 7.07. The smallest absolute Gasteiger partial charge is 0.376 e. The van der Waals surface area contributed by atoms with Crippen molar-refractivity contribution in [3.8, 4) is 0 Å². The average Bonchev–Trinajstić information content (AvgIpc) is 2.52. The summed E-state index contributed by atoms with van der Waals surface area (Å²) in [7, 11) is -3.36. The summed E-state index contributed by atoms with van der Waals surface area (Å²) in [4.78, 5) is 11.9. The standard InChI is InChI=1S/C16H15F3N2O3S/c1-25(23,24)14-4-2-3-13(9-14)20-10-15(22)21-12-7-5-11(6-8-12)16(17,18)19/h2-9,20H,10H2,1H3,(H,21,22). The van der Waals surface area contributed by atoms with Gasteiger partial charge in [0.05, 0.1) is 17.0 Å². The summed E-state index contributed by atoms with van der Waals surface area (Å²) in [6.45, 7) is -0.172. The molecule has 25 heavy (non-hydrogen) atoms. The molecule has 2 aromatic carbocycles. The van der Waals surface area contributed by atoms with Gasteiger partial charge in [0.2, 0.25) is 5.91 Å². The van der Waals surface area contributed by atoms with Crippen LogP contribution in [0.3, 0.4) is 0 Å². The van der Waals surface area contributed by atoms with Crippen LogP contribution < -0.4 is 10.6 Å². The Morgan fingerprint density at radius 3 is 2.24 bits per heavy atom. The maximum absolute atomic E-state index is 12.5. The number of sulfone groups is 1. The molecule has 0 heterocycles. The molecule has 0 spiro atoms. The molecular formula is C16H15F3N2O3S. The topological polar surface area (TPSA) is 75.3 Å². The Balaban J connectivity index is 1.95. The van der Waals surface area contributed by atoms with Gasteiger partial charge in [0.25, 0.3) is 0 Å². The zero-order valence-corrected chi connectivity index (χ0v) is 13.9. The summed E-state index contributed by atoms with van der Waals surface area (Å²) in [5.41, 5.74) is -0.142. The van der Waals surface area contributed by atoms with Crippen LogP contribution in [-0.4, -0.2) is 27.1 Å². The molecule has 0 aliphatic rings. The minimum Gasteiger partial charge on any atom is -0.376 e. The Hall–Kier alpha value is -2.55. The Morgan fingerprint density at radius 2 is 1.68 bits per heavy atom. The predicted molar refractivity (Wildman–Crippen MR) is 88.1 cm³/mol. The predicted octanol–water partition coefficient (Wildman–Crippen LogP) is 3.16. The summed E-state index contributed by atoms with van der Waals surface area (Å²) in [6, 6.07) is 10.0. The highest BCUT2D eigenvalue weighted by Crippen LogP contribution is 2.29. The first-order chi connectivity index (χ1) is 11.6. The van der Waals surface area contributed by atoms with E-state index in [0.717, 1.165) is 30.5 Å². The van der Waals surface area contributed by atoms with Crippen LogP contribution >= 0.6 is 0 Å². The zero-order chi connectivity index (χ0) is 18.7. The van der Waals surface area contributed by atoms with E-state index in [4.69, 9.17) is 0 Å². The molecule has 0 bridgehead atoms. The molecule has 0 aliphatic heterocycles. The first-order valence-corrected chi connectivity index (χ1v) is 8.96. The van der Waals surface area contributed by atoms with Gasteiger partial charge in [-0.1, -0.05) is 6.07 Å². The van der Waals surface area contributed by atoms with Crippen LogP contribution in [0.25, 0.3) is 0 Å². The van der Waals surface area contributed by atoms with E-state index in [1.54, 1.807) is 6.07 Å². The number of anilines is 2. The number of hydrogen-bond donors (Lipinski definition) is 2. The molecule has 5 nitrogen and oxygen atoms in total. The average molecular weight is 372 g/mol. The number of hydrogen-bond acceptors (Lipinski definition) is 4. The Morgan fingerprint density at radius 1 is 1.04 bits per heavy atom. The fraction of sp³-hybridized carbons (Fsp3) is 0.188. The Labute approximate surface area is 142 Å². The van der Waals surface area contributed by atoms with Gasteiger partial charge in [-0.05, 0) is 42.5 Å². The molecule has 2 N–H and O–H groups in total. The second kappa shape index (κ2) is 7.14. The van der Waals surface area contributed by atoms with E-state index in [-0.39, 0.29) is 17.1 Å². The molecule has 0 fully saturated rings. The largest absolute Gasteiger partial charge is 0.416 e. The van der Waals surface area contributed by atoms with E-state index in [1.807, 2.05) is 0 Å². The molecule has 1 amide bonds. The molecule has 2 rings (SSSR count). The number of amides is 1. The molecule has 0 aromatic heterocycles. The fourth-order valence-electron chi connectivity index (χ4n) is 1.97. The van der Waals surface area contributed by atoms with Gasteiger partial charge in [-0.2, -0.15) is 13.2 Å². The van der Waals surface area contributed by atoms with Crippen molar-refractivity contribution in [2.75, 3.05) is 23.4 Å². The van der Waals surface area contributed by atoms with Crippen LogP contribution in [0, 0.1) is 0 Å². The number of halogens is 3. The van der Waals surface area contributed by atoms with Gasteiger partial charge in [0.15, 0.2) is 9.84 Å². The molecule has 9 heteroatoms. The highest BCUT2D eigenvalue weighted by atomic mass is 32.2. The van der Waals surface area contributed by atoms with Crippen LogP contribution in [-0.2, 0) is 20.8 Å². The number of benzene rings is 2. The summed E-state index contributed by atoms with van der Waals surface area (Å²) >= 11 is 0. The Kier molecular flexibility index (Phi) is 5.36. The van der Waals surface area contributed by atoms with Gasteiger partial charge in [-0.3, -0.25) is 4.79 Å². The summed E-state index contributed by atoms with van der Waals surface area (Å²) in [5, 5.41) is 5.20. The van der Waals surface area contributed by atoms with Crippen molar-refractivity contribution in [3.63, 3.8) is 0 Å². The molecule has 0 radical (unpaired) electrons. The molecule has 134 valence electrons. The van der Waals surface area contributed by atoms with Crippen molar-refractivity contribution in [1.82, 2.24) is 0 Å². The van der Waals surface area contributed by atoms with Gasteiger partial charge in [-0.25, -0.2) is 8.42 Å². The number of alkyl halides is 3. The van der Waals surface area contributed by atoms with Crippen molar-refractivity contribution in [1.29, 1.82) is 0 Å².